The topological polar surface area (TPSA) is 21.3 Å². The van der Waals surface area contributed by atoms with Crippen molar-refractivity contribution in [3.8, 4) is 5.75 Å². The first kappa shape index (κ1) is 11.0. The summed E-state index contributed by atoms with van der Waals surface area (Å²) in [6, 6.07) is 4.68. The molecule has 0 heterocycles. The molecule has 0 saturated heterocycles. The van der Waals surface area contributed by atoms with E-state index in [1.54, 1.807) is 19.2 Å². The quantitative estimate of drug-likeness (QED) is 0.775. The molecule has 0 radical (unpaired) electrons. The van der Waals surface area contributed by atoms with Crippen molar-refractivity contribution >= 4 is 18.1 Å². The minimum Gasteiger partial charge on any atom is -0.497 e. The fourth-order valence-electron chi connectivity index (χ4n) is 0.826. The number of halogens is 2. The van der Waals surface area contributed by atoms with Gasteiger partial charge in [-0.05, 0) is 12.1 Å². The van der Waals surface area contributed by atoms with Gasteiger partial charge in [-0.3, -0.25) is 0 Å². The second kappa shape index (κ2) is 4.83. The van der Waals surface area contributed by atoms with Crippen molar-refractivity contribution in [2.24, 2.45) is 0 Å². The largest absolute Gasteiger partial charge is 0.497 e. The number of benzene rings is 1. The average Bonchev–Trinajstić information content (AvgIpc) is 2.04. The lowest BCUT2D eigenvalue weighted by molar-refractivity contribution is 0.411. The third kappa shape index (κ3) is 2.27. The molecule has 1 aromatic rings. The summed E-state index contributed by atoms with van der Waals surface area (Å²) in [5.41, 5.74) is 0.478. The van der Waals surface area contributed by atoms with Gasteiger partial charge < -0.3 is 10.1 Å². The lowest BCUT2D eigenvalue weighted by Gasteiger charge is -2.03. The molecular formula is C8H11ClFNO. The van der Waals surface area contributed by atoms with Crippen molar-refractivity contribution in [3.63, 3.8) is 0 Å². The number of rotatable bonds is 2. The fraction of sp³-hybridized carbons (Fsp3) is 0.250. The van der Waals surface area contributed by atoms with Gasteiger partial charge in [-0.2, -0.15) is 0 Å². The van der Waals surface area contributed by atoms with E-state index in [1.807, 2.05) is 0 Å². The molecule has 0 aliphatic rings. The Balaban J connectivity index is 0.00000121. The minimum absolute atomic E-state index is 0. The van der Waals surface area contributed by atoms with E-state index >= 15 is 0 Å². The Bertz CT molecular complexity index is 255. The predicted molar refractivity (Wildman–Crippen MR) is 49.7 cm³/mol. The molecule has 0 spiro atoms. The van der Waals surface area contributed by atoms with Crippen molar-refractivity contribution in [2.75, 3.05) is 19.5 Å². The smallest absolute Gasteiger partial charge is 0.149 e. The molecular weight excluding hydrogens is 181 g/mol. The number of hydrogen-bond acceptors (Lipinski definition) is 2. The van der Waals surface area contributed by atoms with Gasteiger partial charge in [-0.15, -0.1) is 12.4 Å². The Kier molecular flexibility index (Phi) is 4.44. The maximum Gasteiger partial charge on any atom is 0.149 e. The average molecular weight is 192 g/mol. The van der Waals surface area contributed by atoms with E-state index < -0.39 is 0 Å². The summed E-state index contributed by atoms with van der Waals surface area (Å²) in [4.78, 5) is 0. The van der Waals surface area contributed by atoms with E-state index in [2.05, 4.69) is 5.32 Å². The van der Waals surface area contributed by atoms with E-state index in [0.29, 0.717) is 11.4 Å². The summed E-state index contributed by atoms with van der Waals surface area (Å²) in [5.74, 6) is 0.230. The van der Waals surface area contributed by atoms with Gasteiger partial charge in [0.05, 0.1) is 12.8 Å². The van der Waals surface area contributed by atoms with E-state index in [0.717, 1.165) is 0 Å². The Morgan fingerprint density at radius 3 is 2.50 bits per heavy atom. The number of nitrogens with one attached hydrogen (secondary N) is 1. The van der Waals surface area contributed by atoms with Gasteiger partial charge in [0.2, 0.25) is 0 Å². The second-order valence-corrected chi connectivity index (χ2v) is 2.10. The van der Waals surface area contributed by atoms with Crippen LogP contribution in [0.25, 0.3) is 0 Å². The van der Waals surface area contributed by atoms with Crippen LogP contribution >= 0.6 is 12.4 Å². The number of ether oxygens (including phenoxy) is 1. The predicted octanol–water partition coefficient (Wildman–Crippen LogP) is 2.30. The summed E-state index contributed by atoms with van der Waals surface area (Å²) < 4.78 is 17.7. The van der Waals surface area contributed by atoms with Gasteiger partial charge in [0.1, 0.15) is 11.6 Å². The van der Waals surface area contributed by atoms with Crippen LogP contribution in [0.1, 0.15) is 0 Å². The summed E-state index contributed by atoms with van der Waals surface area (Å²) in [7, 11) is 3.18. The molecule has 12 heavy (non-hydrogen) atoms. The van der Waals surface area contributed by atoms with Crippen LogP contribution in [-0.2, 0) is 0 Å². The van der Waals surface area contributed by atoms with Gasteiger partial charge >= 0.3 is 0 Å². The minimum atomic E-state index is -0.299. The Hall–Kier alpha value is -0.960. The summed E-state index contributed by atoms with van der Waals surface area (Å²) >= 11 is 0. The Morgan fingerprint density at radius 2 is 2.08 bits per heavy atom. The second-order valence-electron chi connectivity index (χ2n) is 2.10. The first-order chi connectivity index (χ1) is 5.27. The van der Waals surface area contributed by atoms with Gasteiger partial charge in [-0.1, -0.05) is 0 Å². The molecule has 1 rings (SSSR count). The van der Waals surface area contributed by atoms with Crippen molar-refractivity contribution < 1.29 is 9.13 Å². The number of anilines is 1. The summed E-state index contributed by atoms with van der Waals surface area (Å²) in [6.45, 7) is 0. The van der Waals surface area contributed by atoms with Crippen LogP contribution in [0.2, 0.25) is 0 Å². The van der Waals surface area contributed by atoms with Crippen LogP contribution in [-0.4, -0.2) is 14.2 Å². The molecule has 0 saturated carbocycles. The number of methoxy groups -OCH3 is 1. The maximum absolute atomic E-state index is 12.9. The van der Waals surface area contributed by atoms with Crippen LogP contribution in [0, 0.1) is 5.82 Å². The van der Waals surface area contributed by atoms with Gasteiger partial charge in [-0.25, -0.2) is 4.39 Å². The SMILES string of the molecule is CNc1ccc(OC)cc1F.Cl. The van der Waals surface area contributed by atoms with E-state index in [9.17, 15) is 4.39 Å². The molecule has 0 atom stereocenters. The van der Waals surface area contributed by atoms with E-state index in [-0.39, 0.29) is 18.2 Å². The molecule has 1 N–H and O–H groups in total. The highest BCUT2D eigenvalue weighted by molar-refractivity contribution is 5.85. The third-order valence-electron chi connectivity index (χ3n) is 1.45. The monoisotopic (exact) mass is 191 g/mol. The molecule has 0 aromatic heterocycles. The number of hydrogen-bond donors (Lipinski definition) is 1. The van der Waals surface area contributed by atoms with Crippen molar-refractivity contribution in [1.82, 2.24) is 0 Å². The standard InChI is InChI=1S/C8H10FNO.ClH/c1-10-8-4-3-6(11-2)5-7(8)9;/h3-5,10H,1-2H3;1H. The molecule has 4 heteroatoms. The van der Waals surface area contributed by atoms with Gasteiger partial charge in [0.15, 0.2) is 0 Å². The molecule has 0 unspecified atom stereocenters. The molecule has 2 nitrogen and oxygen atoms in total. The zero-order chi connectivity index (χ0) is 8.27. The van der Waals surface area contributed by atoms with Crippen molar-refractivity contribution in [1.29, 1.82) is 0 Å². The summed E-state index contributed by atoms with van der Waals surface area (Å²) in [5, 5.41) is 2.72. The van der Waals surface area contributed by atoms with Crippen LogP contribution < -0.4 is 10.1 Å². The first-order valence-electron chi connectivity index (χ1n) is 3.29. The molecule has 0 fully saturated rings. The van der Waals surface area contributed by atoms with E-state index in [1.165, 1.54) is 13.2 Å². The molecule has 0 aliphatic heterocycles. The Labute approximate surface area is 77.1 Å². The highest BCUT2D eigenvalue weighted by Crippen LogP contribution is 2.19. The maximum atomic E-state index is 12.9. The third-order valence-corrected chi connectivity index (χ3v) is 1.45. The fourth-order valence-corrected chi connectivity index (χ4v) is 0.826. The highest BCUT2D eigenvalue weighted by atomic mass is 35.5. The van der Waals surface area contributed by atoms with Crippen LogP contribution in [0.5, 0.6) is 5.75 Å². The lowest BCUT2D eigenvalue weighted by atomic mass is 10.3. The van der Waals surface area contributed by atoms with Crippen LogP contribution in [0.4, 0.5) is 10.1 Å². The summed E-state index contributed by atoms with van der Waals surface area (Å²) in [6.07, 6.45) is 0. The zero-order valence-electron chi connectivity index (χ0n) is 6.93. The normalized spacial score (nSPS) is 8.58. The first-order valence-corrected chi connectivity index (χ1v) is 3.29. The van der Waals surface area contributed by atoms with Gasteiger partial charge in [0, 0.05) is 13.1 Å². The Morgan fingerprint density at radius 1 is 1.42 bits per heavy atom. The van der Waals surface area contributed by atoms with Crippen molar-refractivity contribution in [2.45, 2.75) is 0 Å². The molecule has 1 aromatic carbocycles. The lowest BCUT2D eigenvalue weighted by Crippen LogP contribution is -1.92. The molecule has 68 valence electrons. The van der Waals surface area contributed by atoms with E-state index in [4.69, 9.17) is 4.74 Å². The highest BCUT2D eigenvalue weighted by Gasteiger charge is 2.00. The molecule has 0 aliphatic carbocycles. The van der Waals surface area contributed by atoms with Crippen molar-refractivity contribution in [3.05, 3.63) is 24.0 Å². The van der Waals surface area contributed by atoms with Crippen LogP contribution in [0.15, 0.2) is 18.2 Å². The van der Waals surface area contributed by atoms with Gasteiger partial charge in [0.25, 0.3) is 0 Å². The zero-order valence-corrected chi connectivity index (χ0v) is 7.74. The molecule has 0 bridgehead atoms. The van der Waals surface area contributed by atoms with Crippen LogP contribution in [0.3, 0.4) is 0 Å². The molecule has 0 amide bonds.